The Morgan fingerprint density at radius 3 is 2.68 bits per heavy atom. The zero-order valence-electron chi connectivity index (χ0n) is 22.7. The lowest BCUT2D eigenvalue weighted by molar-refractivity contribution is -0.122. The molecule has 1 amide bonds. The van der Waals surface area contributed by atoms with E-state index in [2.05, 4.69) is 57.3 Å². The third-order valence-electron chi connectivity index (χ3n) is 8.42. The van der Waals surface area contributed by atoms with Gasteiger partial charge in [-0.1, -0.05) is 19.9 Å². The molecule has 3 aromatic heterocycles. The first kappa shape index (κ1) is 24.9. The summed E-state index contributed by atoms with van der Waals surface area (Å²) in [4.78, 5) is 22.8. The second kappa shape index (κ2) is 10.4. The summed E-state index contributed by atoms with van der Waals surface area (Å²) in [5, 5.41) is 8.94. The van der Waals surface area contributed by atoms with Gasteiger partial charge in [-0.3, -0.25) is 9.69 Å². The second-order valence-electron chi connectivity index (χ2n) is 11.3. The molecule has 0 unspecified atom stereocenters. The fourth-order valence-electron chi connectivity index (χ4n) is 6.48. The van der Waals surface area contributed by atoms with E-state index in [-0.39, 0.29) is 5.91 Å². The predicted octanol–water partition coefficient (Wildman–Crippen LogP) is 5.25. The quantitative estimate of drug-likeness (QED) is 0.352. The molecule has 2 aliphatic rings. The Labute approximate surface area is 223 Å². The molecule has 200 valence electrons. The molecule has 1 saturated heterocycles. The number of fused-ring (bicyclic) bond motifs is 2. The molecular formula is C30H38N6O2. The lowest BCUT2D eigenvalue weighted by Crippen LogP contribution is -2.42. The van der Waals surface area contributed by atoms with Gasteiger partial charge in [0.1, 0.15) is 6.33 Å². The molecule has 0 radical (unpaired) electrons. The third-order valence-corrected chi connectivity index (χ3v) is 8.42. The van der Waals surface area contributed by atoms with E-state index in [0.717, 1.165) is 55.5 Å². The van der Waals surface area contributed by atoms with Crippen LogP contribution in [0.25, 0.3) is 27.8 Å². The first-order valence-electron chi connectivity index (χ1n) is 14.0. The smallest absolute Gasteiger partial charge is 0.234 e. The van der Waals surface area contributed by atoms with Gasteiger partial charge in [0.15, 0.2) is 11.4 Å². The number of hydrogen-bond donors (Lipinski definition) is 2. The molecule has 2 fully saturated rings. The number of nitrogens with zero attached hydrogens (tertiary/aromatic N) is 4. The second-order valence-corrected chi connectivity index (χ2v) is 11.3. The topological polar surface area (TPSA) is 87.5 Å². The number of rotatable bonds is 7. The van der Waals surface area contributed by atoms with E-state index in [1.807, 2.05) is 12.3 Å². The van der Waals surface area contributed by atoms with Crippen LogP contribution in [0.1, 0.15) is 75.3 Å². The number of ether oxygens (including phenoxy) is 1. The first-order chi connectivity index (χ1) is 18.5. The van der Waals surface area contributed by atoms with E-state index in [4.69, 9.17) is 4.74 Å². The van der Waals surface area contributed by atoms with Crippen molar-refractivity contribution in [2.24, 2.45) is 0 Å². The van der Waals surface area contributed by atoms with Crippen molar-refractivity contribution < 1.29 is 9.53 Å². The van der Waals surface area contributed by atoms with Gasteiger partial charge in [-0.2, -0.15) is 5.10 Å². The number of H-pyrrole nitrogens is 1. The van der Waals surface area contributed by atoms with Crippen molar-refractivity contribution in [2.45, 2.75) is 70.3 Å². The van der Waals surface area contributed by atoms with E-state index in [0.29, 0.717) is 35.8 Å². The number of methoxy groups -OCH3 is 1. The SMILES string of the molecule is COc1cc(-c2[nH]c3ccc(C4CCC(NC(=O)CN5CCCC5)CC4)cc3c2C(C)C)cn2ncnc12. The number of likely N-dealkylation sites (tertiary alicyclic amines) is 1. The summed E-state index contributed by atoms with van der Waals surface area (Å²) in [5.41, 5.74) is 6.71. The minimum Gasteiger partial charge on any atom is -0.493 e. The first-order valence-corrected chi connectivity index (χ1v) is 14.0. The van der Waals surface area contributed by atoms with Crippen LogP contribution in [-0.4, -0.2) is 63.2 Å². The highest BCUT2D eigenvalue weighted by Crippen LogP contribution is 2.40. The Hall–Kier alpha value is -3.39. The summed E-state index contributed by atoms with van der Waals surface area (Å²) in [5.74, 6) is 1.77. The fraction of sp³-hybridized carbons (Fsp3) is 0.500. The molecule has 38 heavy (non-hydrogen) atoms. The lowest BCUT2D eigenvalue weighted by Gasteiger charge is -2.30. The maximum atomic E-state index is 12.5. The van der Waals surface area contributed by atoms with Crippen LogP contribution in [0.3, 0.4) is 0 Å². The normalized spacial score (nSPS) is 20.5. The average molecular weight is 515 g/mol. The van der Waals surface area contributed by atoms with Crippen molar-refractivity contribution in [3.63, 3.8) is 0 Å². The number of benzene rings is 1. The molecular weight excluding hydrogens is 476 g/mol. The Bertz CT molecular complexity index is 1440. The minimum atomic E-state index is 0.193. The molecule has 0 atom stereocenters. The highest BCUT2D eigenvalue weighted by Gasteiger charge is 2.26. The average Bonchev–Trinajstić information content (AvgIpc) is 3.67. The van der Waals surface area contributed by atoms with Crippen molar-refractivity contribution in [3.8, 4) is 17.0 Å². The van der Waals surface area contributed by atoms with Crippen LogP contribution in [0.4, 0.5) is 0 Å². The Morgan fingerprint density at radius 2 is 1.95 bits per heavy atom. The summed E-state index contributed by atoms with van der Waals surface area (Å²) in [6.07, 6.45) is 10.3. The number of carbonyl (C=O) groups excluding carboxylic acids is 1. The van der Waals surface area contributed by atoms with Gasteiger partial charge in [-0.25, -0.2) is 9.50 Å². The van der Waals surface area contributed by atoms with Crippen LogP contribution < -0.4 is 10.1 Å². The molecule has 1 aliphatic carbocycles. The summed E-state index contributed by atoms with van der Waals surface area (Å²) >= 11 is 0. The molecule has 8 nitrogen and oxygen atoms in total. The highest BCUT2D eigenvalue weighted by molar-refractivity contribution is 5.92. The van der Waals surface area contributed by atoms with Crippen LogP contribution in [-0.2, 0) is 4.79 Å². The number of amides is 1. The van der Waals surface area contributed by atoms with Gasteiger partial charge in [0, 0.05) is 28.7 Å². The van der Waals surface area contributed by atoms with E-state index >= 15 is 0 Å². The summed E-state index contributed by atoms with van der Waals surface area (Å²) in [6.45, 7) is 7.18. The largest absolute Gasteiger partial charge is 0.493 e. The van der Waals surface area contributed by atoms with Gasteiger partial charge in [0.25, 0.3) is 0 Å². The molecule has 8 heteroatoms. The number of nitrogens with one attached hydrogen (secondary N) is 2. The molecule has 1 aromatic carbocycles. The van der Waals surface area contributed by atoms with E-state index < -0.39 is 0 Å². The van der Waals surface area contributed by atoms with Crippen LogP contribution in [0.5, 0.6) is 5.75 Å². The van der Waals surface area contributed by atoms with Crippen molar-refractivity contribution in [3.05, 3.63) is 47.9 Å². The van der Waals surface area contributed by atoms with Crippen molar-refractivity contribution >= 4 is 22.5 Å². The zero-order chi connectivity index (χ0) is 26.2. The van der Waals surface area contributed by atoms with Gasteiger partial charge < -0.3 is 15.0 Å². The number of carbonyl (C=O) groups is 1. The summed E-state index contributed by atoms with van der Waals surface area (Å²) in [7, 11) is 1.67. The molecule has 0 spiro atoms. The Morgan fingerprint density at radius 1 is 1.16 bits per heavy atom. The fourth-order valence-corrected chi connectivity index (χ4v) is 6.48. The lowest BCUT2D eigenvalue weighted by atomic mass is 9.81. The number of aromatic amines is 1. The standard InChI is InChI=1S/C30H38N6O2/c1-19(2)28-24-14-21(20-6-9-23(10-7-20)33-27(37)17-35-12-4-5-13-35)8-11-25(24)34-29(28)22-15-26(38-3)30-31-18-32-36(30)16-22/h8,11,14-16,18-20,23,34H,4-7,9-10,12-13,17H2,1-3H3,(H,33,37). The summed E-state index contributed by atoms with van der Waals surface area (Å²) < 4.78 is 7.40. The van der Waals surface area contributed by atoms with E-state index in [1.165, 1.54) is 29.4 Å². The van der Waals surface area contributed by atoms with Gasteiger partial charge in [-0.05, 0) is 92.8 Å². The van der Waals surface area contributed by atoms with Gasteiger partial charge in [0.05, 0.1) is 19.3 Å². The maximum absolute atomic E-state index is 12.5. The van der Waals surface area contributed by atoms with Gasteiger partial charge in [-0.15, -0.1) is 0 Å². The highest BCUT2D eigenvalue weighted by atomic mass is 16.5. The van der Waals surface area contributed by atoms with Crippen molar-refractivity contribution in [1.29, 1.82) is 0 Å². The maximum Gasteiger partial charge on any atom is 0.234 e. The van der Waals surface area contributed by atoms with Gasteiger partial charge >= 0.3 is 0 Å². The Kier molecular flexibility index (Phi) is 6.82. The molecule has 1 aliphatic heterocycles. The number of hydrogen-bond acceptors (Lipinski definition) is 5. The predicted molar refractivity (Wildman–Crippen MR) is 150 cm³/mol. The number of aromatic nitrogens is 4. The summed E-state index contributed by atoms with van der Waals surface area (Å²) in [6, 6.07) is 9.25. The van der Waals surface area contributed by atoms with Crippen LogP contribution in [0, 0.1) is 0 Å². The van der Waals surface area contributed by atoms with Crippen LogP contribution in [0.2, 0.25) is 0 Å². The minimum absolute atomic E-state index is 0.193. The molecule has 4 heterocycles. The molecule has 6 rings (SSSR count). The van der Waals surface area contributed by atoms with Crippen molar-refractivity contribution in [2.75, 3.05) is 26.7 Å². The third kappa shape index (κ3) is 4.77. The zero-order valence-corrected chi connectivity index (χ0v) is 22.7. The van der Waals surface area contributed by atoms with Crippen LogP contribution >= 0.6 is 0 Å². The Balaban J connectivity index is 1.22. The van der Waals surface area contributed by atoms with E-state index in [1.54, 1.807) is 18.0 Å². The van der Waals surface area contributed by atoms with Crippen LogP contribution in [0.15, 0.2) is 36.8 Å². The molecule has 4 aromatic rings. The molecule has 0 bridgehead atoms. The van der Waals surface area contributed by atoms with E-state index in [9.17, 15) is 4.79 Å². The molecule has 1 saturated carbocycles. The monoisotopic (exact) mass is 514 g/mol. The van der Waals surface area contributed by atoms with Crippen molar-refractivity contribution in [1.82, 2.24) is 29.8 Å². The van der Waals surface area contributed by atoms with Gasteiger partial charge in [0.2, 0.25) is 5.91 Å². The number of pyridine rings is 1. The molecule has 2 N–H and O–H groups in total.